The highest BCUT2D eigenvalue weighted by atomic mass is 16.3. The van der Waals surface area contributed by atoms with Gasteiger partial charge in [-0.3, -0.25) is 9.69 Å². The maximum absolute atomic E-state index is 12.7. The van der Waals surface area contributed by atoms with E-state index in [9.17, 15) is 9.90 Å². The molecule has 0 amide bonds. The van der Waals surface area contributed by atoms with E-state index >= 15 is 0 Å². The minimum atomic E-state index is -0.176. The third-order valence-corrected chi connectivity index (χ3v) is 5.41. The molecule has 0 aliphatic heterocycles. The fourth-order valence-corrected chi connectivity index (χ4v) is 3.90. The Hall–Kier alpha value is -3.30. The number of aryl methyl sites for hydroxylation is 1. The van der Waals surface area contributed by atoms with Crippen LogP contribution in [0.4, 0.5) is 0 Å². The first-order chi connectivity index (χ1) is 15.1. The van der Waals surface area contributed by atoms with Gasteiger partial charge in [0.1, 0.15) is 12.3 Å². The highest BCUT2D eigenvalue weighted by Crippen LogP contribution is 2.24. The first-order valence-electron chi connectivity index (χ1n) is 10.3. The molecule has 0 fully saturated rings. The Morgan fingerprint density at radius 3 is 2.90 bits per heavy atom. The number of fused-ring (bicyclic) bond motifs is 1. The maximum atomic E-state index is 12.7. The van der Waals surface area contributed by atoms with E-state index in [0.29, 0.717) is 37.4 Å². The lowest BCUT2D eigenvalue weighted by molar-refractivity contribution is 0.131. The first-order valence-corrected chi connectivity index (χ1v) is 10.3. The quantitative estimate of drug-likeness (QED) is 0.426. The second-order valence-corrected chi connectivity index (χ2v) is 7.61. The van der Waals surface area contributed by atoms with Crippen LogP contribution < -0.4 is 5.56 Å². The third kappa shape index (κ3) is 4.57. The lowest BCUT2D eigenvalue weighted by Crippen LogP contribution is -2.34. The van der Waals surface area contributed by atoms with Crippen LogP contribution in [0.3, 0.4) is 0 Å². The second-order valence-electron chi connectivity index (χ2n) is 7.61. The fraction of sp³-hybridized carbons (Fsp3) is 0.364. The summed E-state index contributed by atoms with van der Waals surface area (Å²) in [5.41, 5.74) is 2.43. The average Bonchev–Trinajstić information content (AvgIpc) is 3.42. The maximum Gasteiger partial charge on any atom is 0.252 e. The van der Waals surface area contributed by atoms with E-state index in [1.54, 1.807) is 10.9 Å². The number of hydrogen-bond donors (Lipinski definition) is 2. The van der Waals surface area contributed by atoms with E-state index in [1.807, 2.05) is 55.1 Å². The summed E-state index contributed by atoms with van der Waals surface area (Å²) in [4.78, 5) is 17.7. The van der Waals surface area contributed by atoms with Crippen molar-refractivity contribution in [1.29, 1.82) is 0 Å². The molecule has 0 aliphatic carbocycles. The Bertz CT molecular complexity index is 1200. The molecule has 0 saturated carbocycles. The molecular weight excluding hydrogens is 396 g/mol. The summed E-state index contributed by atoms with van der Waals surface area (Å²) in [6, 6.07) is 11.4. The third-order valence-electron chi connectivity index (χ3n) is 5.41. The van der Waals surface area contributed by atoms with Crippen LogP contribution in [0.1, 0.15) is 42.1 Å². The standard InChI is InChI=1S/C22H26N6O3/c1-3-20(21-24-25-26-28(21)14-18-5-4-10-31-18)27(8-9-29)13-17-12-16-11-15(2)6-7-19(16)23-22(17)30/h4-7,10-12,20,29H,3,8-9,13-14H2,1-2H3,(H,23,30). The summed E-state index contributed by atoms with van der Waals surface area (Å²) >= 11 is 0. The lowest BCUT2D eigenvalue weighted by atomic mass is 10.1. The molecule has 4 aromatic rings. The van der Waals surface area contributed by atoms with Crippen molar-refractivity contribution >= 4 is 10.9 Å². The number of rotatable bonds is 9. The van der Waals surface area contributed by atoms with E-state index < -0.39 is 0 Å². The minimum Gasteiger partial charge on any atom is -0.467 e. The zero-order chi connectivity index (χ0) is 21.8. The molecule has 9 nitrogen and oxygen atoms in total. The van der Waals surface area contributed by atoms with Crippen molar-refractivity contribution in [2.75, 3.05) is 13.2 Å². The molecule has 0 aliphatic rings. The number of furan rings is 1. The van der Waals surface area contributed by atoms with Gasteiger partial charge in [-0.25, -0.2) is 4.68 Å². The molecule has 1 aromatic carbocycles. The molecule has 0 spiro atoms. The highest BCUT2D eigenvalue weighted by molar-refractivity contribution is 5.79. The Balaban J connectivity index is 1.65. The predicted molar refractivity (Wildman–Crippen MR) is 115 cm³/mol. The van der Waals surface area contributed by atoms with Crippen molar-refractivity contribution in [3.05, 3.63) is 75.7 Å². The number of aliphatic hydroxyl groups is 1. The lowest BCUT2D eigenvalue weighted by Gasteiger charge is -2.29. The summed E-state index contributed by atoms with van der Waals surface area (Å²) in [6.07, 6.45) is 2.32. The molecule has 1 atom stereocenters. The minimum absolute atomic E-state index is 0.0408. The summed E-state index contributed by atoms with van der Waals surface area (Å²) < 4.78 is 7.13. The van der Waals surface area contributed by atoms with Gasteiger partial charge in [0.25, 0.3) is 5.56 Å². The van der Waals surface area contributed by atoms with Crippen molar-refractivity contribution in [3.63, 3.8) is 0 Å². The van der Waals surface area contributed by atoms with Crippen LogP contribution in [0.15, 0.2) is 51.9 Å². The highest BCUT2D eigenvalue weighted by Gasteiger charge is 2.25. The summed E-state index contributed by atoms with van der Waals surface area (Å²) in [5, 5.41) is 22.9. The van der Waals surface area contributed by atoms with E-state index in [1.165, 1.54) is 0 Å². The van der Waals surface area contributed by atoms with Gasteiger partial charge >= 0.3 is 0 Å². The normalized spacial score (nSPS) is 12.6. The van der Waals surface area contributed by atoms with Gasteiger partial charge in [0.15, 0.2) is 5.82 Å². The molecule has 2 N–H and O–H groups in total. The molecule has 0 bridgehead atoms. The number of aromatic amines is 1. The smallest absolute Gasteiger partial charge is 0.252 e. The van der Waals surface area contributed by atoms with Crippen molar-refractivity contribution in [2.45, 2.75) is 39.4 Å². The molecule has 1 unspecified atom stereocenters. The number of aliphatic hydroxyl groups excluding tert-OH is 1. The number of hydrogen-bond acceptors (Lipinski definition) is 7. The molecule has 31 heavy (non-hydrogen) atoms. The largest absolute Gasteiger partial charge is 0.467 e. The van der Waals surface area contributed by atoms with Crippen LogP contribution in [0.25, 0.3) is 10.9 Å². The van der Waals surface area contributed by atoms with Gasteiger partial charge in [-0.1, -0.05) is 18.6 Å². The van der Waals surface area contributed by atoms with Crippen molar-refractivity contribution < 1.29 is 9.52 Å². The van der Waals surface area contributed by atoms with Crippen molar-refractivity contribution in [1.82, 2.24) is 30.1 Å². The molecule has 0 saturated heterocycles. The first kappa shape index (κ1) is 21.0. The van der Waals surface area contributed by atoms with Gasteiger partial charge in [-0.15, -0.1) is 5.10 Å². The summed E-state index contributed by atoms with van der Waals surface area (Å²) in [5.74, 6) is 1.42. The van der Waals surface area contributed by atoms with Gasteiger partial charge in [-0.05, 0) is 59.5 Å². The van der Waals surface area contributed by atoms with Crippen LogP contribution in [0.5, 0.6) is 0 Å². The van der Waals surface area contributed by atoms with Gasteiger partial charge < -0.3 is 14.5 Å². The van der Waals surface area contributed by atoms with Crippen LogP contribution >= 0.6 is 0 Å². The van der Waals surface area contributed by atoms with Crippen LogP contribution in [-0.2, 0) is 13.1 Å². The van der Waals surface area contributed by atoms with Crippen LogP contribution in [-0.4, -0.2) is 48.3 Å². The van der Waals surface area contributed by atoms with Gasteiger partial charge in [0.05, 0.1) is 18.9 Å². The molecular formula is C22H26N6O3. The average molecular weight is 422 g/mol. The molecule has 3 heterocycles. The van der Waals surface area contributed by atoms with Crippen molar-refractivity contribution in [3.8, 4) is 0 Å². The van der Waals surface area contributed by atoms with E-state index in [2.05, 4.69) is 20.5 Å². The Labute approximate surface area is 179 Å². The Morgan fingerprint density at radius 1 is 1.29 bits per heavy atom. The van der Waals surface area contributed by atoms with Gasteiger partial charge in [0.2, 0.25) is 0 Å². The van der Waals surface area contributed by atoms with E-state index in [-0.39, 0.29) is 18.2 Å². The van der Waals surface area contributed by atoms with E-state index in [4.69, 9.17) is 4.42 Å². The number of tetrazole rings is 1. The predicted octanol–water partition coefficient (Wildman–Crippen LogP) is 2.41. The van der Waals surface area contributed by atoms with Crippen LogP contribution in [0, 0.1) is 6.92 Å². The Morgan fingerprint density at radius 2 is 2.16 bits per heavy atom. The van der Waals surface area contributed by atoms with Crippen LogP contribution in [0.2, 0.25) is 0 Å². The molecule has 4 rings (SSSR count). The molecule has 3 aromatic heterocycles. The topological polar surface area (TPSA) is 113 Å². The van der Waals surface area contributed by atoms with Gasteiger partial charge in [0, 0.05) is 24.2 Å². The molecule has 162 valence electrons. The summed E-state index contributed by atoms with van der Waals surface area (Å²) in [7, 11) is 0. The fourth-order valence-electron chi connectivity index (χ4n) is 3.90. The second kappa shape index (κ2) is 9.23. The number of aromatic nitrogens is 5. The number of pyridine rings is 1. The molecule has 9 heteroatoms. The number of H-pyrrole nitrogens is 1. The zero-order valence-electron chi connectivity index (χ0n) is 17.7. The van der Waals surface area contributed by atoms with Crippen molar-refractivity contribution in [2.24, 2.45) is 0 Å². The monoisotopic (exact) mass is 422 g/mol. The molecule has 0 radical (unpaired) electrons. The number of benzene rings is 1. The van der Waals surface area contributed by atoms with Gasteiger partial charge in [-0.2, -0.15) is 0 Å². The van der Waals surface area contributed by atoms with E-state index in [0.717, 1.165) is 22.2 Å². The number of nitrogens with one attached hydrogen (secondary N) is 1. The number of nitrogens with zero attached hydrogens (tertiary/aromatic N) is 5. The Kier molecular flexibility index (Phi) is 6.24. The summed E-state index contributed by atoms with van der Waals surface area (Å²) in [6.45, 7) is 5.18. The SMILES string of the molecule is CCC(c1nnnn1Cc1ccco1)N(CCO)Cc1cc2cc(C)ccc2[nH]c1=O. The zero-order valence-corrected chi connectivity index (χ0v) is 17.7.